The molecule has 2 rings (SSSR count). The Morgan fingerprint density at radius 3 is 2.46 bits per heavy atom. The maximum atomic E-state index is 12.6. The molecule has 0 saturated heterocycles. The Balaban J connectivity index is 2.23. The summed E-state index contributed by atoms with van der Waals surface area (Å²) < 4.78 is 30.2. The Labute approximate surface area is 150 Å². The van der Waals surface area contributed by atoms with Gasteiger partial charge >= 0.3 is 6.61 Å². The molecule has 26 heavy (non-hydrogen) atoms. The Morgan fingerprint density at radius 2 is 1.96 bits per heavy atom. The van der Waals surface area contributed by atoms with Gasteiger partial charge in [-0.15, -0.1) is 5.10 Å². The molecule has 0 saturated carbocycles. The summed E-state index contributed by atoms with van der Waals surface area (Å²) in [6.07, 6.45) is 0. The molecular formula is C17H23F2N5O2. The third kappa shape index (κ3) is 4.16. The second-order valence-electron chi connectivity index (χ2n) is 6.54. The van der Waals surface area contributed by atoms with Crippen molar-refractivity contribution in [1.82, 2.24) is 20.3 Å². The van der Waals surface area contributed by atoms with Gasteiger partial charge in [0, 0.05) is 6.54 Å². The van der Waals surface area contributed by atoms with Gasteiger partial charge in [-0.1, -0.05) is 19.1 Å². The van der Waals surface area contributed by atoms with Crippen LogP contribution in [0.2, 0.25) is 0 Å². The molecule has 1 aromatic carbocycles. The van der Waals surface area contributed by atoms with Crippen LogP contribution in [0.1, 0.15) is 37.0 Å². The lowest BCUT2D eigenvalue weighted by Crippen LogP contribution is -2.55. The van der Waals surface area contributed by atoms with Gasteiger partial charge in [0.1, 0.15) is 5.75 Å². The zero-order chi connectivity index (χ0) is 19.5. The largest absolute Gasteiger partial charge is 0.435 e. The van der Waals surface area contributed by atoms with Crippen molar-refractivity contribution in [3.63, 3.8) is 0 Å². The van der Waals surface area contributed by atoms with Crippen LogP contribution in [0.15, 0.2) is 24.3 Å². The maximum Gasteiger partial charge on any atom is 0.387 e. The molecule has 1 atom stereocenters. The number of nitrogens with zero attached hydrogens (tertiary/aromatic N) is 3. The third-order valence-electron chi connectivity index (χ3n) is 4.51. The number of nitrogens with one attached hydrogen (secondary N) is 1. The molecule has 142 valence electrons. The summed E-state index contributed by atoms with van der Waals surface area (Å²) in [4.78, 5) is 12.6. The maximum absolute atomic E-state index is 12.6. The van der Waals surface area contributed by atoms with Crippen molar-refractivity contribution in [1.29, 1.82) is 0 Å². The summed E-state index contributed by atoms with van der Waals surface area (Å²) in [6, 6.07) is 5.90. The van der Waals surface area contributed by atoms with E-state index in [4.69, 9.17) is 5.73 Å². The molecule has 0 bridgehead atoms. The van der Waals surface area contributed by atoms with Crippen LogP contribution in [-0.2, 0) is 0 Å². The summed E-state index contributed by atoms with van der Waals surface area (Å²) >= 11 is 0. The third-order valence-corrected chi connectivity index (χ3v) is 4.51. The highest BCUT2D eigenvalue weighted by Crippen LogP contribution is 2.20. The fraction of sp³-hybridized carbons (Fsp3) is 0.471. The molecule has 0 fully saturated rings. The SMILES string of the molecule is Cc1c(C(=O)NC(C)(CN)C(C)C)nnn1-c1ccc(OC(F)F)cc1. The summed E-state index contributed by atoms with van der Waals surface area (Å²) in [7, 11) is 0. The van der Waals surface area contributed by atoms with E-state index in [0.29, 0.717) is 11.4 Å². The topological polar surface area (TPSA) is 95.1 Å². The zero-order valence-electron chi connectivity index (χ0n) is 15.2. The lowest BCUT2D eigenvalue weighted by atomic mass is 9.88. The Kier molecular flexibility index (Phi) is 5.91. The minimum Gasteiger partial charge on any atom is -0.435 e. The number of aromatic nitrogens is 3. The van der Waals surface area contributed by atoms with Crippen molar-refractivity contribution >= 4 is 5.91 Å². The number of amides is 1. The van der Waals surface area contributed by atoms with E-state index in [1.807, 2.05) is 20.8 Å². The van der Waals surface area contributed by atoms with Crippen LogP contribution in [0.25, 0.3) is 5.69 Å². The van der Waals surface area contributed by atoms with Gasteiger partial charge in [-0.05, 0) is 44.0 Å². The molecule has 7 nitrogen and oxygen atoms in total. The number of halogens is 2. The molecule has 0 aliphatic heterocycles. The molecule has 0 aliphatic carbocycles. The molecule has 1 heterocycles. The molecule has 1 unspecified atom stereocenters. The number of hydrogen-bond donors (Lipinski definition) is 2. The first-order valence-electron chi connectivity index (χ1n) is 8.18. The number of rotatable bonds is 7. The monoisotopic (exact) mass is 367 g/mol. The average molecular weight is 367 g/mol. The molecule has 3 N–H and O–H groups in total. The molecule has 0 radical (unpaired) electrons. The van der Waals surface area contributed by atoms with Gasteiger partial charge in [-0.25, -0.2) is 4.68 Å². The highest BCUT2D eigenvalue weighted by Gasteiger charge is 2.30. The predicted molar refractivity (Wildman–Crippen MR) is 92.5 cm³/mol. The van der Waals surface area contributed by atoms with Crippen molar-refractivity contribution in [3.05, 3.63) is 35.7 Å². The van der Waals surface area contributed by atoms with Crippen LogP contribution in [0.3, 0.4) is 0 Å². The van der Waals surface area contributed by atoms with Crippen LogP contribution in [0.5, 0.6) is 5.75 Å². The number of benzene rings is 1. The first-order valence-corrected chi connectivity index (χ1v) is 8.18. The smallest absolute Gasteiger partial charge is 0.387 e. The molecule has 0 spiro atoms. The van der Waals surface area contributed by atoms with E-state index in [9.17, 15) is 13.6 Å². The first kappa shape index (κ1) is 19.8. The molecular weight excluding hydrogens is 344 g/mol. The highest BCUT2D eigenvalue weighted by molar-refractivity contribution is 5.93. The fourth-order valence-electron chi connectivity index (χ4n) is 2.30. The van der Waals surface area contributed by atoms with Crippen molar-refractivity contribution in [3.8, 4) is 11.4 Å². The number of carbonyl (C=O) groups is 1. The van der Waals surface area contributed by atoms with Gasteiger partial charge in [-0.3, -0.25) is 4.79 Å². The van der Waals surface area contributed by atoms with E-state index in [1.54, 1.807) is 19.1 Å². The molecule has 9 heteroatoms. The second-order valence-corrected chi connectivity index (χ2v) is 6.54. The first-order chi connectivity index (χ1) is 12.2. The van der Waals surface area contributed by atoms with Gasteiger partial charge in [0.05, 0.1) is 16.9 Å². The van der Waals surface area contributed by atoms with Crippen molar-refractivity contribution in [2.45, 2.75) is 39.8 Å². The number of nitrogens with two attached hydrogens (primary N) is 1. The van der Waals surface area contributed by atoms with E-state index < -0.39 is 12.2 Å². The minimum absolute atomic E-state index is 0.0372. The van der Waals surface area contributed by atoms with Crippen LogP contribution in [0.4, 0.5) is 8.78 Å². The predicted octanol–water partition coefficient (Wildman–Crippen LogP) is 2.28. The molecule has 1 aromatic heterocycles. The summed E-state index contributed by atoms with van der Waals surface area (Å²) in [6.45, 7) is 4.92. The number of ether oxygens (including phenoxy) is 1. The molecule has 0 aliphatic rings. The van der Waals surface area contributed by atoms with Crippen LogP contribution in [-0.4, -0.2) is 39.6 Å². The van der Waals surface area contributed by atoms with Gasteiger partial charge in [0.25, 0.3) is 5.91 Å². The van der Waals surface area contributed by atoms with Crippen LogP contribution < -0.4 is 15.8 Å². The van der Waals surface area contributed by atoms with E-state index in [2.05, 4.69) is 20.4 Å². The number of hydrogen-bond acceptors (Lipinski definition) is 5. The lowest BCUT2D eigenvalue weighted by molar-refractivity contribution is -0.0498. The Hall–Kier alpha value is -2.55. The summed E-state index contributed by atoms with van der Waals surface area (Å²) in [5.41, 5.74) is 6.50. The van der Waals surface area contributed by atoms with Crippen LogP contribution >= 0.6 is 0 Å². The van der Waals surface area contributed by atoms with E-state index >= 15 is 0 Å². The Bertz CT molecular complexity index is 761. The number of alkyl halides is 2. The van der Waals surface area contributed by atoms with Crippen molar-refractivity contribution in [2.24, 2.45) is 11.7 Å². The summed E-state index contributed by atoms with van der Waals surface area (Å²) in [5.74, 6) is -0.197. The fourth-order valence-corrected chi connectivity index (χ4v) is 2.30. The van der Waals surface area contributed by atoms with Crippen molar-refractivity contribution in [2.75, 3.05) is 6.54 Å². The zero-order valence-corrected chi connectivity index (χ0v) is 15.2. The summed E-state index contributed by atoms with van der Waals surface area (Å²) in [5, 5.41) is 10.8. The highest BCUT2D eigenvalue weighted by atomic mass is 19.3. The van der Waals surface area contributed by atoms with E-state index in [1.165, 1.54) is 16.8 Å². The minimum atomic E-state index is -2.89. The van der Waals surface area contributed by atoms with Crippen molar-refractivity contribution < 1.29 is 18.3 Å². The van der Waals surface area contributed by atoms with E-state index in [0.717, 1.165) is 0 Å². The Morgan fingerprint density at radius 1 is 1.35 bits per heavy atom. The van der Waals surface area contributed by atoms with Gasteiger partial charge in [-0.2, -0.15) is 8.78 Å². The normalized spacial score (nSPS) is 13.7. The molecule has 1 amide bonds. The van der Waals surface area contributed by atoms with Gasteiger partial charge in [0.2, 0.25) is 0 Å². The lowest BCUT2D eigenvalue weighted by Gasteiger charge is -2.33. The second kappa shape index (κ2) is 7.77. The van der Waals surface area contributed by atoms with E-state index in [-0.39, 0.29) is 29.8 Å². The number of carbonyl (C=O) groups excluding carboxylic acids is 1. The standard InChI is InChI=1S/C17H23F2N5O2/c1-10(2)17(4,9-20)21-15(25)14-11(3)24(23-22-14)12-5-7-13(8-6-12)26-16(18)19/h5-8,10,16H,9,20H2,1-4H3,(H,21,25). The van der Waals surface area contributed by atoms with Crippen LogP contribution in [0, 0.1) is 12.8 Å². The quantitative estimate of drug-likeness (QED) is 0.783. The van der Waals surface area contributed by atoms with Gasteiger partial charge < -0.3 is 15.8 Å². The van der Waals surface area contributed by atoms with Gasteiger partial charge in [0.15, 0.2) is 5.69 Å². The molecule has 2 aromatic rings. The average Bonchev–Trinajstić information content (AvgIpc) is 2.96.